The molecule has 9 rings (SSSR count). The fraction of sp³-hybridized carbons (Fsp3) is 0.411. The van der Waals surface area contributed by atoms with Crippen molar-refractivity contribution in [2.75, 3.05) is 53.1 Å². The van der Waals surface area contributed by atoms with E-state index >= 15 is 0 Å². The number of nitrogens with zero attached hydrogens (tertiary/aromatic N) is 5. The predicted molar refractivity (Wildman–Crippen MR) is 371 cm³/mol. The largest absolute Gasteiger partial charge is 0.497 e. The molecule has 0 radical (unpaired) electrons. The number of methoxy groups -OCH3 is 3. The van der Waals surface area contributed by atoms with Crippen molar-refractivity contribution >= 4 is 58.9 Å². The van der Waals surface area contributed by atoms with E-state index in [1.165, 1.54) is 6.33 Å². The van der Waals surface area contributed by atoms with E-state index in [1.54, 1.807) is 61.4 Å². The van der Waals surface area contributed by atoms with E-state index < -0.39 is 26.3 Å². The highest BCUT2D eigenvalue weighted by Crippen LogP contribution is 2.50. The Balaban J connectivity index is 0.933. The number of rotatable bonds is 34. The summed E-state index contributed by atoms with van der Waals surface area (Å²) in [4.78, 5) is 41.9. The van der Waals surface area contributed by atoms with Crippen molar-refractivity contribution in [1.82, 2.24) is 29.5 Å². The molecule has 1 aliphatic heterocycles. The number of carbonyl (C=O) groups is 2. The molecular formula is C73H90N7O10PS2. The zero-order valence-corrected chi connectivity index (χ0v) is 57.9. The van der Waals surface area contributed by atoms with Crippen molar-refractivity contribution in [2.24, 2.45) is 5.41 Å². The van der Waals surface area contributed by atoms with Crippen LogP contribution >= 0.6 is 30.1 Å². The molecule has 0 bridgehead atoms. The van der Waals surface area contributed by atoms with E-state index in [2.05, 4.69) is 112 Å². The molecule has 20 heteroatoms. The number of anilines is 1. The molecule has 8 aromatic rings. The molecule has 0 spiro atoms. The molecule has 1 fully saturated rings. The molecule has 6 aromatic carbocycles. The Hall–Kier alpha value is -6.74. The number of aromatic nitrogens is 4. The minimum absolute atomic E-state index is 0.0115. The smallest absolute Gasteiger partial charge is 0.259 e. The Bertz CT molecular complexity index is 3550. The van der Waals surface area contributed by atoms with Crippen molar-refractivity contribution in [2.45, 2.75) is 146 Å². The third-order valence-electron chi connectivity index (χ3n) is 17.1. The van der Waals surface area contributed by atoms with Crippen LogP contribution in [0.1, 0.15) is 131 Å². The molecule has 2 aromatic heterocycles. The van der Waals surface area contributed by atoms with Crippen molar-refractivity contribution < 1.29 is 47.1 Å². The molecule has 1 saturated heterocycles. The topological polar surface area (TPSA) is 179 Å². The fourth-order valence-corrected chi connectivity index (χ4v) is 15.6. The molecule has 494 valence electrons. The average molecular weight is 1320 g/mol. The highest BCUT2D eigenvalue weighted by Gasteiger charge is 2.42. The maximum atomic E-state index is 13.5. The van der Waals surface area contributed by atoms with Crippen LogP contribution in [0, 0.1) is 5.41 Å². The van der Waals surface area contributed by atoms with E-state index in [4.69, 9.17) is 47.4 Å². The monoisotopic (exact) mass is 1320 g/mol. The molecule has 3 atom stereocenters. The van der Waals surface area contributed by atoms with Crippen molar-refractivity contribution in [3.63, 3.8) is 0 Å². The normalized spacial score (nSPS) is 14.7. The Morgan fingerprint density at radius 3 is 1.95 bits per heavy atom. The second kappa shape index (κ2) is 33.6. The summed E-state index contributed by atoms with van der Waals surface area (Å²) in [5.74, 6) is 1.37. The van der Waals surface area contributed by atoms with E-state index in [1.807, 2.05) is 114 Å². The fourth-order valence-electron chi connectivity index (χ4n) is 11.3. The van der Waals surface area contributed by atoms with Gasteiger partial charge in [0.2, 0.25) is 5.91 Å². The van der Waals surface area contributed by atoms with Gasteiger partial charge in [0.25, 0.3) is 14.4 Å². The maximum Gasteiger partial charge on any atom is 0.259 e. The van der Waals surface area contributed by atoms with Gasteiger partial charge in [-0.05, 0) is 138 Å². The number of imidazole rings is 1. The van der Waals surface area contributed by atoms with Crippen LogP contribution in [-0.4, -0.2) is 113 Å². The summed E-state index contributed by atoms with van der Waals surface area (Å²) in [5.41, 5.74) is 6.03. The Morgan fingerprint density at radius 2 is 1.34 bits per heavy atom. The highest BCUT2D eigenvalue weighted by atomic mass is 33.1. The molecule has 17 nitrogen and oxygen atoms in total. The first-order valence-electron chi connectivity index (χ1n) is 31.9. The number of hydrogen-bond donors (Lipinski definition) is 2. The zero-order valence-electron chi connectivity index (χ0n) is 55.4. The summed E-state index contributed by atoms with van der Waals surface area (Å²) >= 11 is 0. The van der Waals surface area contributed by atoms with Crippen LogP contribution in [0.25, 0.3) is 11.2 Å². The van der Waals surface area contributed by atoms with Crippen molar-refractivity contribution in [3.05, 3.63) is 209 Å². The second-order valence-electron chi connectivity index (χ2n) is 24.4. The summed E-state index contributed by atoms with van der Waals surface area (Å²) in [6, 6.07) is 51.6. The Labute approximate surface area is 558 Å². The van der Waals surface area contributed by atoms with E-state index in [-0.39, 0.29) is 59.3 Å². The molecule has 0 saturated carbocycles. The van der Waals surface area contributed by atoms with Gasteiger partial charge in [-0.3, -0.25) is 9.59 Å². The number of hydrogen-bond acceptors (Lipinski definition) is 16. The maximum absolute atomic E-state index is 13.5. The summed E-state index contributed by atoms with van der Waals surface area (Å²) in [7, 11) is 6.65. The van der Waals surface area contributed by atoms with Gasteiger partial charge in [-0.2, -0.15) is 0 Å². The van der Waals surface area contributed by atoms with E-state index in [0.717, 1.165) is 51.1 Å². The minimum atomic E-state index is -1.82. The third kappa shape index (κ3) is 18.2. The molecule has 3 heterocycles. The van der Waals surface area contributed by atoms with E-state index in [9.17, 15) is 9.59 Å². The predicted octanol–water partition coefficient (Wildman–Crippen LogP) is 15.6. The van der Waals surface area contributed by atoms with Crippen LogP contribution in [-0.2, 0) is 57.9 Å². The minimum Gasteiger partial charge on any atom is -0.497 e. The van der Waals surface area contributed by atoms with Crippen LogP contribution in [0.15, 0.2) is 175 Å². The van der Waals surface area contributed by atoms with Gasteiger partial charge in [0, 0.05) is 58.3 Å². The van der Waals surface area contributed by atoms with Crippen LogP contribution < -0.4 is 20.1 Å². The van der Waals surface area contributed by atoms with Gasteiger partial charge >= 0.3 is 0 Å². The molecular weight excluding hydrogens is 1230 g/mol. The van der Waals surface area contributed by atoms with Gasteiger partial charge in [-0.1, -0.05) is 151 Å². The van der Waals surface area contributed by atoms with Crippen LogP contribution in [0.2, 0.25) is 0 Å². The first kappa shape index (κ1) is 70.6. The SMILES string of the molecule is CCC1(CC)COC(c2ccc(CNC(=O)CCC(C)(C)SSc3ccccc3CCOP(OC(Cn3cnc4c(NC(=O)c5ccccc5)ncnc43)C(COC(c3ccccc3)(c3ccc(OC)cc3)c3ccc(OC)cc3)OC)N(C(C)C)C(C)C)cc2)OC1. The van der Waals surface area contributed by atoms with Gasteiger partial charge in [-0.15, -0.1) is 0 Å². The Kier molecular flexibility index (Phi) is 25.5. The summed E-state index contributed by atoms with van der Waals surface area (Å²) in [6.07, 6.45) is 4.98. The second-order valence-corrected chi connectivity index (χ2v) is 28.7. The van der Waals surface area contributed by atoms with Crippen molar-refractivity contribution in [1.29, 1.82) is 0 Å². The number of fused-ring (bicyclic) bond motifs is 1. The Morgan fingerprint density at radius 1 is 0.742 bits per heavy atom. The molecule has 2 N–H and O–H groups in total. The van der Waals surface area contributed by atoms with Gasteiger partial charge < -0.3 is 52.7 Å². The van der Waals surface area contributed by atoms with Crippen LogP contribution in [0.5, 0.6) is 11.5 Å². The number of benzene rings is 6. The lowest BCUT2D eigenvalue weighted by Gasteiger charge is -2.40. The lowest BCUT2D eigenvalue weighted by atomic mass is 9.80. The number of amides is 2. The average Bonchev–Trinajstić information content (AvgIpc) is 1.07. The molecule has 3 unspecified atom stereocenters. The molecule has 1 aliphatic rings. The molecule has 2 amide bonds. The quantitative estimate of drug-likeness (QED) is 0.0221. The number of carbonyl (C=O) groups excluding carboxylic acids is 2. The third-order valence-corrected chi connectivity index (χ3v) is 22.7. The summed E-state index contributed by atoms with van der Waals surface area (Å²) in [6.45, 7) is 19.7. The van der Waals surface area contributed by atoms with Crippen LogP contribution in [0.3, 0.4) is 0 Å². The van der Waals surface area contributed by atoms with Crippen LogP contribution in [0.4, 0.5) is 5.82 Å². The first-order valence-corrected chi connectivity index (χ1v) is 35.2. The highest BCUT2D eigenvalue weighted by molar-refractivity contribution is 8.77. The summed E-state index contributed by atoms with van der Waals surface area (Å²) in [5, 5.41) is 6.09. The number of ether oxygens (including phenoxy) is 6. The zero-order chi connectivity index (χ0) is 66.0. The molecule has 93 heavy (non-hydrogen) atoms. The van der Waals surface area contributed by atoms with Gasteiger partial charge in [0.05, 0.1) is 53.5 Å². The molecule has 0 aliphatic carbocycles. The number of nitrogens with one attached hydrogen (secondary N) is 2. The van der Waals surface area contributed by atoms with Gasteiger partial charge in [-0.25, -0.2) is 19.6 Å². The first-order chi connectivity index (χ1) is 45.0. The summed E-state index contributed by atoms with van der Waals surface area (Å²) < 4.78 is 56.3. The van der Waals surface area contributed by atoms with Crippen molar-refractivity contribution in [3.8, 4) is 11.5 Å². The van der Waals surface area contributed by atoms with Gasteiger partial charge in [0.15, 0.2) is 23.3 Å². The standard InChI is InChI=1S/C73H90N7O10PS2/c1-12-72(13-2)47-86-70(87-48-72)56-30-28-53(29-31-56)44-74-65(81)40-42-71(7,8)93-92-64-27-21-20-22-54(64)41-43-89-91(80(51(3)4)52(5)6)90-62(45-79-50-77-66-67(75-49-76-68(66)79)78-69(82)55-23-16-14-17-24-55)63(85-11)46-88-73(57-25-18-15-19-26-57,58-32-36-60(83-9)37-33-58)59-34-38-61(84-10)39-35-59/h14-39,49-52,62-63,70H,12-13,40-48H2,1-11H3,(H,74,81)(H,75,76,78,82). The van der Waals surface area contributed by atoms with E-state index in [0.29, 0.717) is 73.9 Å². The lowest BCUT2D eigenvalue weighted by Crippen LogP contribution is -2.43. The van der Waals surface area contributed by atoms with Gasteiger partial charge in [0.1, 0.15) is 35.6 Å². The lowest BCUT2D eigenvalue weighted by molar-refractivity contribution is -0.235.